The lowest BCUT2D eigenvalue weighted by atomic mass is 10.0. The van der Waals surface area contributed by atoms with Gasteiger partial charge in [0, 0.05) is 24.7 Å². The Bertz CT molecular complexity index is 561. The van der Waals surface area contributed by atoms with Crippen molar-refractivity contribution >= 4 is 5.82 Å². The van der Waals surface area contributed by atoms with Crippen LogP contribution < -0.4 is 11.1 Å². The SMILES string of the molecule is Cc1nc(NCCN)cc(-c2ccc(C(C)C)cc2)n1. The summed E-state index contributed by atoms with van der Waals surface area (Å²) in [4.78, 5) is 8.87. The van der Waals surface area contributed by atoms with Crippen molar-refractivity contribution in [3.63, 3.8) is 0 Å². The van der Waals surface area contributed by atoms with E-state index in [2.05, 4.69) is 53.4 Å². The molecule has 0 saturated carbocycles. The summed E-state index contributed by atoms with van der Waals surface area (Å²) in [6.07, 6.45) is 0. The van der Waals surface area contributed by atoms with Crippen molar-refractivity contribution in [3.05, 3.63) is 41.7 Å². The monoisotopic (exact) mass is 270 g/mol. The molecule has 1 aromatic heterocycles. The van der Waals surface area contributed by atoms with Gasteiger partial charge in [0.2, 0.25) is 0 Å². The summed E-state index contributed by atoms with van der Waals surface area (Å²) in [6, 6.07) is 10.5. The van der Waals surface area contributed by atoms with Crippen LogP contribution in [0.2, 0.25) is 0 Å². The second kappa shape index (κ2) is 6.48. The third-order valence-electron chi connectivity index (χ3n) is 3.16. The molecular formula is C16H22N4. The second-order valence-corrected chi connectivity index (χ2v) is 5.18. The van der Waals surface area contributed by atoms with Gasteiger partial charge in [-0.05, 0) is 18.4 Å². The van der Waals surface area contributed by atoms with Crippen molar-refractivity contribution in [2.45, 2.75) is 26.7 Å². The number of aromatic nitrogens is 2. The molecule has 0 aliphatic carbocycles. The second-order valence-electron chi connectivity index (χ2n) is 5.18. The zero-order chi connectivity index (χ0) is 14.5. The quantitative estimate of drug-likeness (QED) is 0.876. The van der Waals surface area contributed by atoms with Crippen LogP contribution >= 0.6 is 0 Å². The van der Waals surface area contributed by atoms with Gasteiger partial charge in [-0.25, -0.2) is 9.97 Å². The van der Waals surface area contributed by atoms with Gasteiger partial charge in [0.05, 0.1) is 5.69 Å². The van der Waals surface area contributed by atoms with Gasteiger partial charge in [-0.2, -0.15) is 0 Å². The molecule has 1 aromatic carbocycles. The Kier molecular flexibility index (Phi) is 4.69. The molecule has 4 nitrogen and oxygen atoms in total. The fraction of sp³-hybridized carbons (Fsp3) is 0.375. The van der Waals surface area contributed by atoms with Crippen LogP contribution in [0.25, 0.3) is 11.3 Å². The predicted octanol–water partition coefficient (Wildman–Crippen LogP) is 2.95. The van der Waals surface area contributed by atoms with E-state index >= 15 is 0 Å². The summed E-state index contributed by atoms with van der Waals surface area (Å²) in [5.41, 5.74) is 8.88. The Hall–Kier alpha value is -1.94. The lowest BCUT2D eigenvalue weighted by Gasteiger charge is -2.09. The fourth-order valence-corrected chi connectivity index (χ4v) is 2.05. The summed E-state index contributed by atoms with van der Waals surface area (Å²) in [5, 5.41) is 3.20. The van der Waals surface area contributed by atoms with Crippen LogP contribution in [0.1, 0.15) is 31.2 Å². The minimum atomic E-state index is 0.540. The Morgan fingerprint density at radius 3 is 2.45 bits per heavy atom. The predicted molar refractivity (Wildman–Crippen MR) is 83.8 cm³/mol. The average Bonchev–Trinajstić information content (AvgIpc) is 2.44. The highest BCUT2D eigenvalue weighted by atomic mass is 15.0. The van der Waals surface area contributed by atoms with Gasteiger partial charge >= 0.3 is 0 Å². The van der Waals surface area contributed by atoms with Crippen molar-refractivity contribution in [1.82, 2.24) is 9.97 Å². The van der Waals surface area contributed by atoms with E-state index in [4.69, 9.17) is 5.73 Å². The molecule has 106 valence electrons. The summed E-state index contributed by atoms with van der Waals surface area (Å²) < 4.78 is 0. The van der Waals surface area contributed by atoms with Gasteiger partial charge in [-0.15, -0.1) is 0 Å². The van der Waals surface area contributed by atoms with Crippen LogP contribution in [0.15, 0.2) is 30.3 Å². The van der Waals surface area contributed by atoms with Crippen LogP contribution in [-0.4, -0.2) is 23.1 Å². The maximum absolute atomic E-state index is 5.50. The van der Waals surface area contributed by atoms with Gasteiger partial charge in [-0.3, -0.25) is 0 Å². The molecule has 20 heavy (non-hydrogen) atoms. The van der Waals surface area contributed by atoms with E-state index in [-0.39, 0.29) is 0 Å². The van der Waals surface area contributed by atoms with Crippen molar-refractivity contribution in [2.24, 2.45) is 5.73 Å². The molecule has 3 N–H and O–H groups in total. The number of benzene rings is 1. The number of nitrogens with one attached hydrogen (secondary N) is 1. The van der Waals surface area contributed by atoms with Crippen LogP contribution in [-0.2, 0) is 0 Å². The van der Waals surface area contributed by atoms with E-state index in [1.54, 1.807) is 0 Å². The first-order chi connectivity index (χ1) is 9.60. The zero-order valence-electron chi connectivity index (χ0n) is 12.4. The Morgan fingerprint density at radius 2 is 1.85 bits per heavy atom. The standard InChI is InChI=1S/C16H22N4/c1-11(2)13-4-6-14(7-5-13)15-10-16(18-9-8-17)20-12(3)19-15/h4-7,10-11H,8-9,17H2,1-3H3,(H,18,19,20). The molecule has 2 rings (SSSR count). The molecule has 0 bridgehead atoms. The number of nitrogens with two attached hydrogens (primary N) is 1. The number of rotatable bonds is 5. The highest BCUT2D eigenvalue weighted by molar-refractivity contribution is 5.63. The summed E-state index contributed by atoms with van der Waals surface area (Å²) >= 11 is 0. The van der Waals surface area contributed by atoms with Gasteiger partial charge < -0.3 is 11.1 Å². The lowest BCUT2D eigenvalue weighted by molar-refractivity contribution is 0.867. The number of aryl methyl sites for hydroxylation is 1. The van der Waals surface area contributed by atoms with E-state index in [1.807, 2.05) is 13.0 Å². The van der Waals surface area contributed by atoms with Crippen molar-refractivity contribution in [1.29, 1.82) is 0 Å². The molecule has 0 spiro atoms. The molecule has 0 amide bonds. The molecule has 0 radical (unpaired) electrons. The van der Waals surface area contributed by atoms with Gasteiger partial charge in [0.25, 0.3) is 0 Å². The van der Waals surface area contributed by atoms with Crippen LogP contribution in [0.4, 0.5) is 5.82 Å². The molecule has 0 unspecified atom stereocenters. The van der Waals surface area contributed by atoms with E-state index in [9.17, 15) is 0 Å². The molecule has 1 heterocycles. The summed E-state index contributed by atoms with van der Waals surface area (Å²) in [6.45, 7) is 7.58. The molecule has 0 fully saturated rings. The number of hydrogen-bond donors (Lipinski definition) is 2. The first-order valence-electron chi connectivity index (χ1n) is 7.00. The van der Waals surface area contributed by atoms with Crippen molar-refractivity contribution in [2.75, 3.05) is 18.4 Å². The molecule has 4 heteroatoms. The van der Waals surface area contributed by atoms with E-state index < -0.39 is 0 Å². The van der Waals surface area contributed by atoms with Gasteiger partial charge in [0.1, 0.15) is 11.6 Å². The Balaban J connectivity index is 2.29. The highest BCUT2D eigenvalue weighted by Crippen LogP contribution is 2.22. The highest BCUT2D eigenvalue weighted by Gasteiger charge is 2.05. The van der Waals surface area contributed by atoms with Crippen molar-refractivity contribution in [3.8, 4) is 11.3 Å². The molecule has 0 aliphatic heterocycles. The van der Waals surface area contributed by atoms with Gasteiger partial charge in [-0.1, -0.05) is 38.1 Å². The first kappa shape index (κ1) is 14.5. The van der Waals surface area contributed by atoms with Crippen molar-refractivity contribution < 1.29 is 0 Å². The molecule has 2 aromatic rings. The maximum atomic E-state index is 5.50. The molecular weight excluding hydrogens is 248 g/mol. The Labute approximate surface area is 120 Å². The van der Waals surface area contributed by atoms with E-state index in [0.717, 1.165) is 22.9 Å². The van der Waals surface area contributed by atoms with E-state index in [1.165, 1.54) is 5.56 Å². The minimum Gasteiger partial charge on any atom is -0.369 e. The Morgan fingerprint density at radius 1 is 1.15 bits per heavy atom. The third kappa shape index (κ3) is 3.54. The summed E-state index contributed by atoms with van der Waals surface area (Å²) in [7, 11) is 0. The fourth-order valence-electron chi connectivity index (χ4n) is 2.05. The first-order valence-corrected chi connectivity index (χ1v) is 7.00. The maximum Gasteiger partial charge on any atom is 0.130 e. The number of nitrogens with zero attached hydrogens (tertiary/aromatic N) is 2. The zero-order valence-corrected chi connectivity index (χ0v) is 12.4. The van der Waals surface area contributed by atoms with E-state index in [0.29, 0.717) is 19.0 Å². The van der Waals surface area contributed by atoms with Crippen LogP contribution in [0.3, 0.4) is 0 Å². The topological polar surface area (TPSA) is 63.8 Å². The normalized spacial score (nSPS) is 10.8. The minimum absolute atomic E-state index is 0.540. The smallest absolute Gasteiger partial charge is 0.130 e. The number of hydrogen-bond acceptors (Lipinski definition) is 4. The number of anilines is 1. The summed E-state index contributed by atoms with van der Waals surface area (Å²) in [5.74, 6) is 2.12. The third-order valence-corrected chi connectivity index (χ3v) is 3.16. The molecule has 0 atom stereocenters. The van der Waals surface area contributed by atoms with Crippen LogP contribution in [0.5, 0.6) is 0 Å². The molecule has 0 aliphatic rings. The van der Waals surface area contributed by atoms with Crippen LogP contribution in [0, 0.1) is 6.92 Å². The van der Waals surface area contributed by atoms with Gasteiger partial charge in [0.15, 0.2) is 0 Å². The largest absolute Gasteiger partial charge is 0.369 e. The molecule has 0 saturated heterocycles. The lowest BCUT2D eigenvalue weighted by Crippen LogP contribution is -2.14. The average molecular weight is 270 g/mol.